The summed E-state index contributed by atoms with van der Waals surface area (Å²) in [4.78, 5) is 0. The first kappa shape index (κ1) is 18.0. The molecule has 0 N–H and O–H groups in total. The fourth-order valence-corrected chi connectivity index (χ4v) is 4.39. The fraction of sp³-hybridized carbons (Fsp3) is 0.905. The fourth-order valence-electron chi connectivity index (χ4n) is 4.39. The highest BCUT2D eigenvalue weighted by Crippen LogP contribution is 2.40. The van der Waals surface area contributed by atoms with Gasteiger partial charge in [-0.3, -0.25) is 0 Å². The van der Waals surface area contributed by atoms with Crippen LogP contribution in [0.15, 0.2) is 12.2 Å². The molecule has 0 amide bonds. The van der Waals surface area contributed by atoms with Gasteiger partial charge in [-0.05, 0) is 82.0 Å². The molecule has 1 nitrogen and oxygen atoms in total. The van der Waals surface area contributed by atoms with Crippen LogP contribution in [0, 0.1) is 17.8 Å². The molecular weight excluding hydrogens is 268 g/mol. The highest BCUT2D eigenvalue weighted by molar-refractivity contribution is 4.92. The molecule has 2 rings (SSSR count). The van der Waals surface area contributed by atoms with E-state index >= 15 is 0 Å². The Kier molecular flexibility index (Phi) is 8.59. The SMILES string of the molecule is CCC/C=C/C1CCC(C2CCC(OCCCC)CC2)CC1. The first-order valence-corrected chi connectivity index (χ1v) is 10.1. The van der Waals surface area contributed by atoms with Crippen molar-refractivity contribution in [2.24, 2.45) is 17.8 Å². The number of hydrogen-bond acceptors (Lipinski definition) is 1. The summed E-state index contributed by atoms with van der Waals surface area (Å²) in [7, 11) is 0. The molecule has 0 aromatic carbocycles. The van der Waals surface area contributed by atoms with E-state index in [2.05, 4.69) is 26.0 Å². The van der Waals surface area contributed by atoms with E-state index in [0.717, 1.165) is 24.4 Å². The second kappa shape index (κ2) is 10.5. The Hall–Kier alpha value is -0.300. The molecule has 0 spiro atoms. The van der Waals surface area contributed by atoms with Crippen LogP contribution in [0.25, 0.3) is 0 Å². The average Bonchev–Trinajstić information content (AvgIpc) is 2.57. The minimum atomic E-state index is 0.580. The van der Waals surface area contributed by atoms with Crippen molar-refractivity contribution in [1.29, 1.82) is 0 Å². The zero-order valence-corrected chi connectivity index (χ0v) is 15.1. The maximum atomic E-state index is 6.02. The molecule has 0 aliphatic heterocycles. The first-order chi connectivity index (χ1) is 10.8. The molecule has 0 aromatic rings. The van der Waals surface area contributed by atoms with E-state index < -0.39 is 0 Å². The van der Waals surface area contributed by atoms with E-state index in [4.69, 9.17) is 4.74 Å². The molecular formula is C21H38O. The first-order valence-electron chi connectivity index (χ1n) is 10.1. The standard InChI is InChI=1S/C21H38O/c1-3-5-7-8-18-9-11-19(12-10-18)20-13-15-21(16-14-20)22-17-6-4-2/h7-8,18-21H,3-6,9-17H2,1-2H3/b8-7+. The zero-order valence-electron chi connectivity index (χ0n) is 15.1. The molecule has 2 aliphatic rings. The normalized spacial score (nSPS) is 33.4. The van der Waals surface area contributed by atoms with Crippen LogP contribution in [0.5, 0.6) is 0 Å². The van der Waals surface area contributed by atoms with Crippen LogP contribution in [0.4, 0.5) is 0 Å². The van der Waals surface area contributed by atoms with Crippen LogP contribution in [0.2, 0.25) is 0 Å². The molecule has 0 unspecified atom stereocenters. The van der Waals surface area contributed by atoms with Gasteiger partial charge in [0.25, 0.3) is 0 Å². The van der Waals surface area contributed by atoms with E-state index in [1.54, 1.807) is 0 Å². The zero-order chi connectivity index (χ0) is 15.6. The second-order valence-corrected chi connectivity index (χ2v) is 7.65. The summed E-state index contributed by atoms with van der Waals surface area (Å²) < 4.78 is 6.02. The van der Waals surface area contributed by atoms with Crippen LogP contribution in [-0.4, -0.2) is 12.7 Å². The number of ether oxygens (including phenoxy) is 1. The van der Waals surface area contributed by atoms with Crippen molar-refractivity contribution in [1.82, 2.24) is 0 Å². The van der Waals surface area contributed by atoms with Crippen molar-refractivity contribution in [3.8, 4) is 0 Å². The largest absolute Gasteiger partial charge is 0.378 e. The van der Waals surface area contributed by atoms with Gasteiger partial charge in [0, 0.05) is 6.61 Å². The quantitative estimate of drug-likeness (QED) is 0.366. The van der Waals surface area contributed by atoms with Crippen molar-refractivity contribution in [2.75, 3.05) is 6.61 Å². The van der Waals surface area contributed by atoms with Crippen molar-refractivity contribution >= 4 is 0 Å². The lowest BCUT2D eigenvalue weighted by atomic mass is 9.70. The van der Waals surface area contributed by atoms with E-state index in [9.17, 15) is 0 Å². The van der Waals surface area contributed by atoms with Gasteiger partial charge in [0.2, 0.25) is 0 Å². The molecule has 0 bridgehead atoms. The number of rotatable bonds is 8. The molecule has 2 aliphatic carbocycles. The number of hydrogen-bond donors (Lipinski definition) is 0. The van der Waals surface area contributed by atoms with E-state index in [1.165, 1.54) is 77.0 Å². The van der Waals surface area contributed by atoms with E-state index in [1.807, 2.05) is 0 Å². The minimum absolute atomic E-state index is 0.580. The molecule has 0 radical (unpaired) electrons. The minimum Gasteiger partial charge on any atom is -0.378 e. The average molecular weight is 307 g/mol. The molecule has 0 saturated heterocycles. The number of allylic oxidation sites excluding steroid dienone is 2. The van der Waals surface area contributed by atoms with E-state index in [0.29, 0.717) is 6.10 Å². The molecule has 1 heteroatoms. The lowest BCUT2D eigenvalue weighted by Gasteiger charge is -2.37. The van der Waals surface area contributed by atoms with Crippen molar-refractivity contribution in [3.05, 3.63) is 12.2 Å². The summed E-state index contributed by atoms with van der Waals surface area (Å²) in [5.41, 5.74) is 0. The third-order valence-electron chi connectivity index (χ3n) is 5.92. The van der Waals surface area contributed by atoms with Gasteiger partial charge < -0.3 is 4.74 Å². The van der Waals surface area contributed by atoms with Crippen LogP contribution in [-0.2, 0) is 4.74 Å². The monoisotopic (exact) mass is 306 g/mol. The highest BCUT2D eigenvalue weighted by atomic mass is 16.5. The lowest BCUT2D eigenvalue weighted by molar-refractivity contribution is 0.00645. The van der Waals surface area contributed by atoms with E-state index in [-0.39, 0.29) is 0 Å². The van der Waals surface area contributed by atoms with Gasteiger partial charge >= 0.3 is 0 Å². The Labute approximate surface area is 138 Å². The Morgan fingerprint density at radius 1 is 0.818 bits per heavy atom. The molecule has 0 aromatic heterocycles. The molecule has 2 saturated carbocycles. The van der Waals surface area contributed by atoms with Gasteiger partial charge in [-0.25, -0.2) is 0 Å². The third kappa shape index (κ3) is 6.07. The van der Waals surface area contributed by atoms with Gasteiger partial charge in [0.1, 0.15) is 0 Å². The molecule has 0 atom stereocenters. The topological polar surface area (TPSA) is 9.23 Å². The molecule has 22 heavy (non-hydrogen) atoms. The smallest absolute Gasteiger partial charge is 0.0575 e. The van der Waals surface area contributed by atoms with Crippen LogP contribution in [0.1, 0.15) is 90.9 Å². The summed E-state index contributed by atoms with van der Waals surface area (Å²) in [6.45, 7) is 5.50. The summed E-state index contributed by atoms with van der Waals surface area (Å²) in [5.74, 6) is 2.91. The third-order valence-corrected chi connectivity index (χ3v) is 5.92. The highest BCUT2D eigenvalue weighted by Gasteiger charge is 2.30. The van der Waals surface area contributed by atoms with Crippen molar-refractivity contribution < 1.29 is 4.74 Å². The summed E-state index contributed by atoms with van der Waals surface area (Å²) >= 11 is 0. The molecule has 0 heterocycles. The maximum Gasteiger partial charge on any atom is 0.0575 e. The van der Waals surface area contributed by atoms with Gasteiger partial charge in [-0.15, -0.1) is 0 Å². The number of unbranched alkanes of at least 4 members (excludes halogenated alkanes) is 2. The maximum absolute atomic E-state index is 6.02. The molecule has 128 valence electrons. The predicted octanol–water partition coefficient (Wildman–Crippen LogP) is 6.52. The summed E-state index contributed by atoms with van der Waals surface area (Å²) in [6.07, 6.45) is 21.9. The summed E-state index contributed by atoms with van der Waals surface area (Å²) in [5, 5.41) is 0. The Balaban J connectivity index is 1.62. The van der Waals surface area contributed by atoms with Gasteiger partial charge in [-0.1, -0.05) is 38.8 Å². The lowest BCUT2D eigenvalue weighted by Crippen LogP contribution is -2.28. The van der Waals surface area contributed by atoms with Crippen LogP contribution >= 0.6 is 0 Å². The van der Waals surface area contributed by atoms with Gasteiger partial charge in [-0.2, -0.15) is 0 Å². The van der Waals surface area contributed by atoms with Crippen LogP contribution < -0.4 is 0 Å². The second-order valence-electron chi connectivity index (χ2n) is 7.65. The van der Waals surface area contributed by atoms with Crippen LogP contribution in [0.3, 0.4) is 0 Å². The Morgan fingerprint density at radius 2 is 1.45 bits per heavy atom. The summed E-state index contributed by atoms with van der Waals surface area (Å²) in [6, 6.07) is 0. The van der Waals surface area contributed by atoms with Gasteiger partial charge in [0.05, 0.1) is 6.10 Å². The Morgan fingerprint density at radius 3 is 2.05 bits per heavy atom. The molecule has 2 fully saturated rings. The van der Waals surface area contributed by atoms with Gasteiger partial charge in [0.15, 0.2) is 0 Å². The van der Waals surface area contributed by atoms with Crippen molar-refractivity contribution in [3.63, 3.8) is 0 Å². The Bertz CT molecular complexity index is 293. The van der Waals surface area contributed by atoms with Crippen molar-refractivity contribution in [2.45, 2.75) is 97.0 Å². The predicted molar refractivity (Wildman–Crippen MR) is 96.1 cm³/mol.